The van der Waals surface area contributed by atoms with Crippen LogP contribution in [0.2, 0.25) is 0 Å². The van der Waals surface area contributed by atoms with Gasteiger partial charge in [0.05, 0.1) is 18.8 Å². The molecule has 1 aliphatic rings. The first-order valence-corrected chi connectivity index (χ1v) is 6.84. The van der Waals surface area contributed by atoms with E-state index in [0.29, 0.717) is 19.4 Å². The number of aliphatic hydroxyl groups is 2. The predicted molar refractivity (Wildman–Crippen MR) is 69.0 cm³/mol. The zero-order chi connectivity index (χ0) is 13.4. The van der Waals surface area contributed by atoms with Crippen molar-refractivity contribution in [2.45, 2.75) is 57.7 Å². The first-order valence-electron chi connectivity index (χ1n) is 6.84. The lowest BCUT2D eigenvalue weighted by Gasteiger charge is -2.03. The SMILES string of the molecule is CCCCCCOC(=O)/C=C/C1C[C@@H](O)[C@@H](O)C1. The summed E-state index contributed by atoms with van der Waals surface area (Å²) in [4.78, 5) is 11.4. The molecule has 0 aromatic rings. The molecule has 0 aliphatic heterocycles. The summed E-state index contributed by atoms with van der Waals surface area (Å²) < 4.78 is 5.05. The molecule has 1 aliphatic carbocycles. The lowest BCUT2D eigenvalue weighted by atomic mass is 10.1. The molecule has 1 unspecified atom stereocenters. The number of hydrogen-bond acceptors (Lipinski definition) is 4. The Bertz CT molecular complexity index is 265. The Morgan fingerprint density at radius 3 is 2.50 bits per heavy atom. The number of unbranched alkanes of at least 4 members (excludes halogenated alkanes) is 3. The highest BCUT2D eigenvalue weighted by atomic mass is 16.5. The van der Waals surface area contributed by atoms with Crippen LogP contribution in [0.15, 0.2) is 12.2 Å². The number of hydrogen-bond donors (Lipinski definition) is 2. The summed E-state index contributed by atoms with van der Waals surface area (Å²) in [6.07, 6.45) is 7.19. The third-order valence-electron chi connectivity index (χ3n) is 3.28. The lowest BCUT2D eigenvalue weighted by Crippen LogP contribution is -2.17. The fourth-order valence-corrected chi connectivity index (χ4v) is 2.15. The Kier molecular flexibility index (Phi) is 6.98. The van der Waals surface area contributed by atoms with Crippen LogP contribution in [0.5, 0.6) is 0 Å². The van der Waals surface area contributed by atoms with Crippen molar-refractivity contribution in [3.05, 3.63) is 12.2 Å². The first-order chi connectivity index (χ1) is 8.63. The maximum Gasteiger partial charge on any atom is 0.330 e. The highest BCUT2D eigenvalue weighted by Gasteiger charge is 2.29. The van der Waals surface area contributed by atoms with E-state index >= 15 is 0 Å². The van der Waals surface area contributed by atoms with Gasteiger partial charge in [-0.2, -0.15) is 0 Å². The van der Waals surface area contributed by atoms with Crippen molar-refractivity contribution in [1.82, 2.24) is 0 Å². The van der Waals surface area contributed by atoms with Gasteiger partial charge in [0, 0.05) is 6.08 Å². The molecule has 0 aromatic carbocycles. The maximum absolute atomic E-state index is 11.4. The van der Waals surface area contributed by atoms with Gasteiger partial charge in [0.25, 0.3) is 0 Å². The summed E-state index contributed by atoms with van der Waals surface area (Å²) in [5.74, 6) is -0.259. The number of ether oxygens (including phenoxy) is 1. The van der Waals surface area contributed by atoms with E-state index in [9.17, 15) is 15.0 Å². The van der Waals surface area contributed by atoms with Crippen LogP contribution in [-0.4, -0.2) is 35.0 Å². The lowest BCUT2D eigenvalue weighted by molar-refractivity contribution is -0.137. The Balaban J connectivity index is 2.12. The summed E-state index contributed by atoms with van der Waals surface area (Å²) in [7, 11) is 0. The van der Waals surface area contributed by atoms with Crippen molar-refractivity contribution >= 4 is 5.97 Å². The number of esters is 1. The summed E-state index contributed by atoms with van der Waals surface area (Å²) in [5, 5.41) is 18.7. The van der Waals surface area contributed by atoms with Crippen LogP contribution in [0.25, 0.3) is 0 Å². The molecule has 0 saturated heterocycles. The van der Waals surface area contributed by atoms with Crippen molar-refractivity contribution in [1.29, 1.82) is 0 Å². The standard InChI is InChI=1S/C14H24O4/c1-2-3-4-5-8-18-14(17)7-6-11-9-12(15)13(16)10-11/h6-7,11-13,15-16H,2-5,8-10H2,1H3/b7-6+/t11?,12-,13+. The normalized spacial score (nSPS) is 27.8. The molecule has 4 heteroatoms. The molecule has 1 saturated carbocycles. The minimum atomic E-state index is -0.662. The molecule has 0 bridgehead atoms. The molecule has 1 fully saturated rings. The van der Waals surface area contributed by atoms with E-state index in [1.54, 1.807) is 6.08 Å². The van der Waals surface area contributed by atoms with Crippen LogP contribution in [0.1, 0.15) is 45.4 Å². The van der Waals surface area contributed by atoms with Crippen molar-refractivity contribution in [3.63, 3.8) is 0 Å². The van der Waals surface area contributed by atoms with Crippen molar-refractivity contribution in [3.8, 4) is 0 Å². The zero-order valence-electron chi connectivity index (χ0n) is 11.0. The topological polar surface area (TPSA) is 66.8 Å². The highest BCUT2D eigenvalue weighted by Crippen LogP contribution is 2.26. The van der Waals surface area contributed by atoms with E-state index in [4.69, 9.17) is 4.74 Å². The van der Waals surface area contributed by atoms with Crippen molar-refractivity contribution < 1.29 is 19.7 Å². The maximum atomic E-state index is 11.4. The molecular weight excluding hydrogens is 232 g/mol. The van der Waals surface area contributed by atoms with Gasteiger partial charge in [-0.05, 0) is 25.2 Å². The van der Waals surface area contributed by atoms with Gasteiger partial charge >= 0.3 is 5.97 Å². The van der Waals surface area contributed by atoms with Gasteiger partial charge in [0.15, 0.2) is 0 Å². The fourth-order valence-electron chi connectivity index (χ4n) is 2.15. The number of aliphatic hydroxyl groups excluding tert-OH is 2. The average Bonchev–Trinajstić information content (AvgIpc) is 2.66. The van der Waals surface area contributed by atoms with E-state index < -0.39 is 12.2 Å². The van der Waals surface area contributed by atoms with E-state index in [2.05, 4.69) is 6.92 Å². The van der Waals surface area contributed by atoms with Gasteiger partial charge in [-0.25, -0.2) is 4.79 Å². The quantitative estimate of drug-likeness (QED) is 0.414. The first kappa shape index (κ1) is 15.2. The summed E-state index contributed by atoms with van der Waals surface area (Å²) in [6.45, 7) is 2.61. The molecule has 18 heavy (non-hydrogen) atoms. The van der Waals surface area contributed by atoms with E-state index in [1.807, 2.05) is 0 Å². The molecule has 4 nitrogen and oxygen atoms in total. The second-order valence-corrected chi connectivity index (χ2v) is 4.95. The third kappa shape index (κ3) is 5.65. The number of allylic oxidation sites excluding steroid dienone is 1. The molecule has 0 aromatic heterocycles. The molecule has 1 rings (SSSR count). The van der Waals surface area contributed by atoms with Gasteiger partial charge in [-0.1, -0.05) is 32.3 Å². The Labute approximate surface area is 109 Å². The minimum Gasteiger partial charge on any atom is -0.463 e. The Hall–Kier alpha value is -0.870. The zero-order valence-corrected chi connectivity index (χ0v) is 11.0. The van der Waals surface area contributed by atoms with Gasteiger partial charge < -0.3 is 14.9 Å². The molecule has 104 valence electrons. The number of carbonyl (C=O) groups excluding carboxylic acids is 1. The van der Waals surface area contributed by atoms with Crippen LogP contribution in [0.4, 0.5) is 0 Å². The summed E-state index contributed by atoms with van der Waals surface area (Å²) >= 11 is 0. The summed E-state index contributed by atoms with van der Waals surface area (Å²) in [6, 6.07) is 0. The van der Waals surface area contributed by atoms with Crippen LogP contribution in [0.3, 0.4) is 0 Å². The van der Waals surface area contributed by atoms with Gasteiger partial charge in [0.2, 0.25) is 0 Å². The average molecular weight is 256 g/mol. The summed E-state index contributed by atoms with van der Waals surface area (Å²) in [5.41, 5.74) is 0. The highest BCUT2D eigenvalue weighted by molar-refractivity contribution is 5.81. The van der Waals surface area contributed by atoms with Crippen LogP contribution < -0.4 is 0 Å². The molecule has 2 N–H and O–H groups in total. The third-order valence-corrected chi connectivity index (χ3v) is 3.28. The minimum absolute atomic E-state index is 0.0719. The molecule has 0 amide bonds. The number of rotatable bonds is 7. The second kappa shape index (κ2) is 8.27. The molecule has 3 atom stereocenters. The van der Waals surface area contributed by atoms with E-state index in [0.717, 1.165) is 12.8 Å². The number of carbonyl (C=O) groups is 1. The van der Waals surface area contributed by atoms with Crippen molar-refractivity contribution in [2.24, 2.45) is 5.92 Å². The van der Waals surface area contributed by atoms with Crippen molar-refractivity contribution in [2.75, 3.05) is 6.61 Å². The van der Waals surface area contributed by atoms with Gasteiger partial charge in [-0.15, -0.1) is 0 Å². The predicted octanol–water partition coefficient (Wildman–Crippen LogP) is 1.80. The van der Waals surface area contributed by atoms with E-state index in [1.165, 1.54) is 18.9 Å². The fraction of sp³-hybridized carbons (Fsp3) is 0.786. The molecule has 0 spiro atoms. The Morgan fingerprint density at radius 2 is 1.89 bits per heavy atom. The molecule has 0 radical (unpaired) electrons. The smallest absolute Gasteiger partial charge is 0.330 e. The van der Waals surface area contributed by atoms with Crippen LogP contribution >= 0.6 is 0 Å². The van der Waals surface area contributed by atoms with E-state index in [-0.39, 0.29) is 11.9 Å². The van der Waals surface area contributed by atoms with Gasteiger partial charge in [-0.3, -0.25) is 0 Å². The molecular formula is C14H24O4. The Morgan fingerprint density at radius 1 is 1.22 bits per heavy atom. The molecule has 0 heterocycles. The monoisotopic (exact) mass is 256 g/mol. The van der Waals surface area contributed by atoms with Gasteiger partial charge in [0.1, 0.15) is 0 Å². The van der Waals surface area contributed by atoms with Crippen LogP contribution in [0, 0.1) is 5.92 Å². The second-order valence-electron chi connectivity index (χ2n) is 4.95. The van der Waals surface area contributed by atoms with Crippen LogP contribution in [-0.2, 0) is 9.53 Å². The largest absolute Gasteiger partial charge is 0.463 e.